The van der Waals surface area contributed by atoms with Crippen LogP contribution >= 0.6 is 0 Å². The van der Waals surface area contributed by atoms with Gasteiger partial charge in [-0.25, -0.2) is 0 Å². The molecule has 0 radical (unpaired) electrons. The average molecular weight is 219 g/mol. The van der Waals surface area contributed by atoms with Gasteiger partial charge in [-0.3, -0.25) is 0 Å². The number of hydrogen-bond donors (Lipinski definition) is 4. The van der Waals surface area contributed by atoms with Gasteiger partial charge in [-0.1, -0.05) is 18.2 Å². The fraction of sp³-hybridized carbons (Fsp3) is 0.333. The van der Waals surface area contributed by atoms with Gasteiger partial charge in [-0.2, -0.15) is 0 Å². The number of anilines is 1. The summed E-state index contributed by atoms with van der Waals surface area (Å²) in [6.07, 6.45) is -0.506. The Balaban J connectivity index is 2.26. The third kappa shape index (κ3) is 2.03. The molecular formula is C12H17N3O. The Morgan fingerprint density at radius 2 is 2.19 bits per heavy atom. The lowest BCUT2D eigenvalue weighted by molar-refractivity contribution is 0.196. The molecule has 0 aliphatic carbocycles. The van der Waals surface area contributed by atoms with Gasteiger partial charge in [-0.15, -0.1) is 0 Å². The van der Waals surface area contributed by atoms with Crippen LogP contribution in [0, 0.1) is 6.92 Å². The lowest BCUT2D eigenvalue weighted by atomic mass is 10.2. The number of aromatic amines is 1. The molecule has 4 heteroatoms. The molecule has 0 fully saturated rings. The van der Waals surface area contributed by atoms with E-state index in [2.05, 4.69) is 16.4 Å². The molecule has 0 saturated heterocycles. The van der Waals surface area contributed by atoms with Crippen LogP contribution in [0.15, 0.2) is 24.3 Å². The van der Waals surface area contributed by atoms with Crippen molar-refractivity contribution in [3.8, 4) is 0 Å². The number of nitrogens with two attached hydrogens (primary N) is 1. The second-order valence-corrected chi connectivity index (χ2v) is 3.94. The van der Waals surface area contributed by atoms with Gasteiger partial charge in [0.15, 0.2) is 0 Å². The molecular weight excluding hydrogens is 202 g/mol. The van der Waals surface area contributed by atoms with E-state index in [1.54, 1.807) is 0 Å². The second-order valence-electron chi connectivity index (χ2n) is 3.94. The highest BCUT2D eigenvalue weighted by atomic mass is 16.3. The number of aromatic nitrogens is 1. The van der Waals surface area contributed by atoms with E-state index in [0.717, 1.165) is 22.3 Å². The molecule has 0 spiro atoms. The van der Waals surface area contributed by atoms with Crippen molar-refractivity contribution in [2.24, 2.45) is 5.73 Å². The van der Waals surface area contributed by atoms with Crippen LogP contribution in [0.1, 0.15) is 5.69 Å². The standard InChI is InChI=1S/C12H17N3O/c1-8-12(14-7-9(16)6-13)10-4-2-3-5-11(10)15-8/h2-5,9,14-16H,6-7,13H2,1H3. The molecule has 1 atom stereocenters. The number of benzene rings is 1. The van der Waals surface area contributed by atoms with Crippen molar-refractivity contribution in [2.45, 2.75) is 13.0 Å². The summed E-state index contributed by atoms with van der Waals surface area (Å²) in [5.41, 5.74) is 8.58. The Labute approximate surface area is 94.5 Å². The summed E-state index contributed by atoms with van der Waals surface area (Å²) in [7, 11) is 0. The number of para-hydroxylation sites is 1. The Morgan fingerprint density at radius 1 is 1.44 bits per heavy atom. The first kappa shape index (κ1) is 11.0. The van der Waals surface area contributed by atoms with Gasteiger partial charge in [0, 0.05) is 29.7 Å². The molecule has 86 valence electrons. The molecule has 0 amide bonds. The van der Waals surface area contributed by atoms with Crippen molar-refractivity contribution < 1.29 is 5.11 Å². The normalized spacial score (nSPS) is 12.9. The fourth-order valence-electron chi connectivity index (χ4n) is 1.81. The molecule has 1 aromatic carbocycles. The highest BCUT2D eigenvalue weighted by Gasteiger charge is 2.08. The number of hydrogen-bond acceptors (Lipinski definition) is 3. The molecule has 0 aliphatic heterocycles. The monoisotopic (exact) mass is 219 g/mol. The molecule has 4 nitrogen and oxygen atoms in total. The third-order valence-corrected chi connectivity index (χ3v) is 2.68. The van der Waals surface area contributed by atoms with Crippen LogP contribution in [0.25, 0.3) is 10.9 Å². The molecule has 0 saturated carbocycles. The first-order valence-corrected chi connectivity index (χ1v) is 5.41. The van der Waals surface area contributed by atoms with Gasteiger partial charge in [0.1, 0.15) is 0 Å². The SMILES string of the molecule is Cc1[nH]c2ccccc2c1NCC(O)CN. The lowest BCUT2D eigenvalue weighted by Gasteiger charge is -2.10. The smallest absolute Gasteiger partial charge is 0.0834 e. The van der Waals surface area contributed by atoms with Crippen molar-refractivity contribution in [1.29, 1.82) is 0 Å². The summed E-state index contributed by atoms with van der Waals surface area (Å²) in [6.45, 7) is 2.75. The van der Waals surface area contributed by atoms with E-state index >= 15 is 0 Å². The van der Waals surface area contributed by atoms with E-state index < -0.39 is 6.10 Å². The Morgan fingerprint density at radius 3 is 2.94 bits per heavy atom. The summed E-state index contributed by atoms with van der Waals surface area (Å²) >= 11 is 0. The number of aliphatic hydroxyl groups is 1. The van der Waals surface area contributed by atoms with E-state index in [9.17, 15) is 5.11 Å². The molecule has 1 heterocycles. The zero-order chi connectivity index (χ0) is 11.5. The van der Waals surface area contributed by atoms with Crippen LogP contribution in [-0.2, 0) is 0 Å². The predicted molar refractivity (Wildman–Crippen MR) is 66.6 cm³/mol. The Bertz CT molecular complexity index is 478. The minimum Gasteiger partial charge on any atom is -0.390 e. The summed E-state index contributed by atoms with van der Waals surface area (Å²) < 4.78 is 0. The maximum atomic E-state index is 9.42. The van der Waals surface area contributed by atoms with E-state index in [1.165, 1.54) is 0 Å². The number of fused-ring (bicyclic) bond motifs is 1. The Kier molecular flexibility index (Phi) is 3.12. The van der Waals surface area contributed by atoms with E-state index in [4.69, 9.17) is 5.73 Å². The van der Waals surface area contributed by atoms with Crippen LogP contribution in [0.3, 0.4) is 0 Å². The first-order valence-electron chi connectivity index (χ1n) is 5.41. The predicted octanol–water partition coefficient (Wildman–Crippen LogP) is 1.21. The summed E-state index contributed by atoms with van der Waals surface area (Å²) in [5.74, 6) is 0. The number of aliphatic hydroxyl groups excluding tert-OH is 1. The van der Waals surface area contributed by atoms with Crippen LogP contribution in [0.5, 0.6) is 0 Å². The number of H-pyrrole nitrogens is 1. The number of rotatable bonds is 4. The van der Waals surface area contributed by atoms with Crippen LogP contribution in [0.4, 0.5) is 5.69 Å². The summed E-state index contributed by atoms with van der Waals surface area (Å²) in [4.78, 5) is 3.29. The second kappa shape index (κ2) is 4.55. The van der Waals surface area contributed by atoms with Gasteiger partial charge in [0.2, 0.25) is 0 Å². The molecule has 0 bridgehead atoms. The molecule has 0 aliphatic rings. The maximum absolute atomic E-state index is 9.42. The van der Waals surface area contributed by atoms with Crippen LogP contribution in [0.2, 0.25) is 0 Å². The number of aryl methyl sites for hydroxylation is 1. The van der Waals surface area contributed by atoms with E-state index in [-0.39, 0.29) is 6.54 Å². The Hall–Kier alpha value is -1.52. The highest BCUT2D eigenvalue weighted by Crippen LogP contribution is 2.26. The summed E-state index contributed by atoms with van der Waals surface area (Å²) in [6, 6.07) is 8.08. The van der Waals surface area contributed by atoms with Gasteiger partial charge in [-0.05, 0) is 13.0 Å². The zero-order valence-corrected chi connectivity index (χ0v) is 9.33. The van der Waals surface area contributed by atoms with Crippen molar-refractivity contribution in [3.05, 3.63) is 30.0 Å². The molecule has 1 aromatic heterocycles. The topological polar surface area (TPSA) is 74.1 Å². The average Bonchev–Trinajstić information content (AvgIpc) is 2.62. The molecule has 2 aromatic rings. The lowest BCUT2D eigenvalue weighted by Crippen LogP contribution is -2.27. The van der Waals surface area contributed by atoms with Gasteiger partial charge >= 0.3 is 0 Å². The fourth-order valence-corrected chi connectivity index (χ4v) is 1.81. The highest BCUT2D eigenvalue weighted by molar-refractivity contribution is 5.94. The minimum absolute atomic E-state index is 0.272. The van der Waals surface area contributed by atoms with Crippen molar-refractivity contribution >= 4 is 16.6 Å². The van der Waals surface area contributed by atoms with Crippen LogP contribution in [-0.4, -0.2) is 29.3 Å². The molecule has 16 heavy (non-hydrogen) atoms. The summed E-state index contributed by atoms with van der Waals surface area (Å²) in [5, 5.41) is 13.8. The zero-order valence-electron chi connectivity index (χ0n) is 9.33. The number of nitrogens with one attached hydrogen (secondary N) is 2. The minimum atomic E-state index is -0.506. The molecule has 2 rings (SSSR count). The quantitative estimate of drug-likeness (QED) is 0.624. The first-order chi connectivity index (χ1) is 7.72. The van der Waals surface area contributed by atoms with Crippen molar-refractivity contribution in [2.75, 3.05) is 18.4 Å². The van der Waals surface area contributed by atoms with Crippen molar-refractivity contribution in [3.63, 3.8) is 0 Å². The van der Waals surface area contributed by atoms with Gasteiger partial charge in [0.25, 0.3) is 0 Å². The molecule has 5 N–H and O–H groups in total. The van der Waals surface area contributed by atoms with Crippen LogP contribution < -0.4 is 11.1 Å². The molecule has 1 unspecified atom stereocenters. The van der Waals surface area contributed by atoms with Crippen molar-refractivity contribution in [1.82, 2.24) is 4.98 Å². The third-order valence-electron chi connectivity index (χ3n) is 2.68. The van der Waals surface area contributed by atoms with Gasteiger partial charge in [0.05, 0.1) is 11.8 Å². The largest absolute Gasteiger partial charge is 0.390 e. The van der Waals surface area contributed by atoms with Gasteiger partial charge < -0.3 is 21.1 Å². The maximum Gasteiger partial charge on any atom is 0.0834 e. The van der Waals surface area contributed by atoms with E-state index in [1.807, 2.05) is 25.1 Å². The van der Waals surface area contributed by atoms with E-state index in [0.29, 0.717) is 6.54 Å².